The summed E-state index contributed by atoms with van der Waals surface area (Å²) in [7, 11) is 1.22. The Kier molecular flexibility index (Phi) is 5.73. The highest BCUT2D eigenvalue weighted by Crippen LogP contribution is 2.20. The predicted molar refractivity (Wildman–Crippen MR) is 70.0 cm³/mol. The van der Waals surface area contributed by atoms with E-state index in [0.717, 1.165) is 17.0 Å². The molecule has 3 nitrogen and oxygen atoms in total. The number of nitrogens with zero attached hydrogens (tertiary/aromatic N) is 1. The molecule has 0 aliphatic carbocycles. The van der Waals surface area contributed by atoms with Crippen LogP contribution in [0.25, 0.3) is 0 Å². The lowest BCUT2D eigenvalue weighted by Crippen LogP contribution is -2.31. The molecule has 114 valence electrons. The van der Waals surface area contributed by atoms with Gasteiger partial charge in [0.2, 0.25) is 0 Å². The lowest BCUT2D eigenvalue weighted by Gasteiger charge is -2.19. The normalized spacial score (nSPS) is 10.8. The van der Waals surface area contributed by atoms with E-state index >= 15 is 0 Å². The summed E-state index contributed by atoms with van der Waals surface area (Å²) >= 11 is 0. The van der Waals surface area contributed by atoms with E-state index in [-0.39, 0.29) is 17.7 Å². The van der Waals surface area contributed by atoms with Crippen LogP contribution < -0.4 is 5.73 Å². The van der Waals surface area contributed by atoms with Gasteiger partial charge in [0, 0.05) is 19.2 Å². The van der Waals surface area contributed by atoms with Gasteiger partial charge in [0.1, 0.15) is 5.82 Å². The minimum absolute atomic E-state index is 0.0505. The number of hydrogen-bond donors (Lipinski definition) is 1. The Balaban J connectivity index is 2.97. The molecule has 7 heteroatoms. The lowest BCUT2D eigenvalue weighted by molar-refractivity contribution is -0.136. The maximum absolute atomic E-state index is 13.2. The van der Waals surface area contributed by atoms with E-state index in [2.05, 4.69) is 11.8 Å². The quantitative estimate of drug-likeness (QED) is 0.687. The molecule has 0 saturated carbocycles. The molecule has 1 amide bonds. The molecule has 0 aliphatic rings. The van der Waals surface area contributed by atoms with Gasteiger partial charge in [0.05, 0.1) is 18.5 Å². The molecular formula is C14H14F4N2O. The van der Waals surface area contributed by atoms with Crippen LogP contribution in [0.4, 0.5) is 17.6 Å². The average Bonchev–Trinajstić information content (AvgIpc) is 2.41. The summed E-state index contributed by atoms with van der Waals surface area (Å²) in [5, 5.41) is 0. The van der Waals surface area contributed by atoms with Crippen LogP contribution in [0.2, 0.25) is 0 Å². The highest BCUT2D eigenvalue weighted by molar-refractivity contribution is 5.96. The molecule has 0 heterocycles. The van der Waals surface area contributed by atoms with Crippen LogP contribution in [0.15, 0.2) is 18.2 Å². The fourth-order valence-electron chi connectivity index (χ4n) is 1.55. The molecule has 0 atom stereocenters. The third kappa shape index (κ3) is 5.44. The highest BCUT2D eigenvalue weighted by Gasteiger charge is 2.28. The van der Waals surface area contributed by atoms with Gasteiger partial charge in [-0.15, -0.1) is 0 Å². The van der Waals surface area contributed by atoms with Crippen LogP contribution in [-0.2, 0) is 0 Å². The van der Waals surface area contributed by atoms with Gasteiger partial charge in [-0.2, -0.15) is 13.2 Å². The zero-order valence-electron chi connectivity index (χ0n) is 11.3. The number of rotatable bonds is 3. The van der Waals surface area contributed by atoms with E-state index in [4.69, 9.17) is 5.73 Å². The number of nitrogens with two attached hydrogens (primary N) is 1. The summed E-state index contributed by atoms with van der Waals surface area (Å²) in [5.74, 6) is 3.73. The van der Waals surface area contributed by atoms with Gasteiger partial charge in [-0.1, -0.05) is 11.8 Å². The molecule has 21 heavy (non-hydrogen) atoms. The number of alkyl halides is 3. The maximum Gasteiger partial charge on any atom is 0.390 e. The summed E-state index contributed by atoms with van der Waals surface area (Å²) in [5.41, 5.74) is 5.36. The van der Waals surface area contributed by atoms with Crippen LogP contribution in [0.5, 0.6) is 0 Å². The predicted octanol–water partition coefficient (Wildman–Crippen LogP) is 2.16. The van der Waals surface area contributed by atoms with Crippen molar-refractivity contribution >= 4 is 5.91 Å². The maximum atomic E-state index is 13.2. The molecule has 0 fully saturated rings. The van der Waals surface area contributed by atoms with Crippen molar-refractivity contribution in [2.75, 3.05) is 20.1 Å². The van der Waals surface area contributed by atoms with Gasteiger partial charge in [0.25, 0.3) is 5.91 Å². The van der Waals surface area contributed by atoms with Gasteiger partial charge in [0.15, 0.2) is 0 Å². The largest absolute Gasteiger partial charge is 0.390 e. The number of halogens is 4. The topological polar surface area (TPSA) is 46.3 Å². The lowest BCUT2D eigenvalue weighted by atomic mass is 10.1. The van der Waals surface area contributed by atoms with Crippen molar-refractivity contribution in [2.24, 2.45) is 5.73 Å². The van der Waals surface area contributed by atoms with E-state index in [1.807, 2.05) is 0 Å². The van der Waals surface area contributed by atoms with Crippen LogP contribution in [0.1, 0.15) is 22.3 Å². The summed E-state index contributed by atoms with van der Waals surface area (Å²) < 4.78 is 49.7. The van der Waals surface area contributed by atoms with Crippen molar-refractivity contribution in [3.63, 3.8) is 0 Å². The Morgan fingerprint density at radius 2 is 2.05 bits per heavy atom. The molecule has 1 aromatic carbocycles. The molecular weight excluding hydrogens is 288 g/mol. The number of carbonyl (C=O) groups is 1. The standard InChI is InChI=1S/C14H14F4N2O/c1-20(8-6-14(16,17)18)13(21)12-9-11(15)5-4-10(12)3-2-7-19/h4-5,9H,6-8,19H2,1H3. The molecule has 0 spiro atoms. The fraction of sp³-hybridized carbons (Fsp3) is 0.357. The van der Waals surface area contributed by atoms with E-state index in [1.165, 1.54) is 13.1 Å². The van der Waals surface area contributed by atoms with Crippen molar-refractivity contribution in [3.05, 3.63) is 35.1 Å². The summed E-state index contributed by atoms with van der Waals surface area (Å²) in [6.45, 7) is -0.461. The second kappa shape index (κ2) is 7.09. The van der Waals surface area contributed by atoms with E-state index in [9.17, 15) is 22.4 Å². The van der Waals surface area contributed by atoms with Gasteiger partial charge < -0.3 is 10.6 Å². The highest BCUT2D eigenvalue weighted by atomic mass is 19.4. The van der Waals surface area contributed by atoms with Crippen molar-refractivity contribution in [1.82, 2.24) is 4.90 Å². The Labute approximate surface area is 119 Å². The number of amides is 1. The summed E-state index contributed by atoms with van der Waals surface area (Å²) in [6, 6.07) is 3.36. The molecule has 0 aromatic heterocycles. The molecule has 0 aliphatic heterocycles. The first-order valence-corrected chi connectivity index (χ1v) is 6.05. The monoisotopic (exact) mass is 302 g/mol. The van der Waals surface area contributed by atoms with Crippen molar-refractivity contribution in [2.45, 2.75) is 12.6 Å². The molecule has 0 unspecified atom stereocenters. The second-order valence-electron chi connectivity index (χ2n) is 4.29. The van der Waals surface area contributed by atoms with Crippen LogP contribution in [0, 0.1) is 17.7 Å². The van der Waals surface area contributed by atoms with Crippen molar-refractivity contribution in [3.8, 4) is 11.8 Å². The Hall–Kier alpha value is -2.07. The Morgan fingerprint density at radius 3 is 2.62 bits per heavy atom. The Bertz CT molecular complexity index is 573. The number of carbonyl (C=O) groups excluding carboxylic acids is 1. The third-order valence-electron chi connectivity index (χ3n) is 2.61. The van der Waals surface area contributed by atoms with Crippen molar-refractivity contribution in [1.29, 1.82) is 0 Å². The van der Waals surface area contributed by atoms with Gasteiger partial charge >= 0.3 is 6.18 Å². The third-order valence-corrected chi connectivity index (χ3v) is 2.61. The Morgan fingerprint density at radius 1 is 1.38 bits per heavy atom. The number of benzene rings is 1. The molecule has 2 N–H and O–H groups in total. The van der Waals surface area contributed by atoms with E-state index in [1.54, 1.807) is 0 Å². The molecule has 0 bridgehead atoms. The zero-order chi connectivity index (χ0) is 16.0. The van der Waals surface area contributed by atoms with E-state index < -0.39 is 30.9 Å². The second-order valence-corrected chi connectivity index (χ2v) is 4.29. The first-order valence-electron chi connectivity index (χ1n) is 6.05. The summed E-state index contributed by atoms with van der Waals surface area (Å²) in [6.07, 6.45) is -5.49. The zero-order valence-corrected chi connectivity index (χ0v) is 11.3. The smallest absolute Gasteiger partial charge is 0.341 e. The van der Waals surface area contributed by atoms with E-state index in [0.29, 0.717) is 0 Å². The minimum atomic E-state index is -4.36. The van der Waals surface area contributed by atoms with Gasteiger partial charge in [-0.3, -0.25) is 4.79 Å². The first-order chi connectivity index (χ1) is 9.74. The first kappa shape index (κ1) is 17.0. The number of hydrogen-bond acceptors (Lipinski definition) is 2. The van der Waals surface area contributed by atoms with Crippen LogP contribution in [-0.4, -0.2) is 37.1 Å². The van der Waals surface area contributed by atoms with Crippen LogP contribution >= 0.6 is 0 Å². The SMILES string of the molecule is CN(CCC(F)(F)F)C(=O)c1cc(F)ccc1C#CCN. The molecule has 1 rings (SSSR count). The van der Waals surface area contributed by atoms with Gasteiger partial charge in [-0.25, -0.2) is 4.39 Å². The van der Waals surface area contributed by atoms with Crippen molar-refractivity contribution < 1.29 is 22.4 Å². The molecule has 0 radical (unpaired) electrons. The average molecular weight is 302 g/mol. The summed E-state index contributed by atoms with van der Waals surface area (Å²) in [4.78, 5) is 13.0. The van der Waals surface area contributed by atoms with Crippen LogP contribution in [0.3, 0.4) is 0 Å². The fourth-order valence-corrected chi connectivity index (χ4v) is 1.55. The van der Waals surface area contributed by atoms with Gasteiger partial charge in [-0.05, 0) is 18.2 Å². The minimum Gasteiger partial charge on any atom is -0.341 e. The molecule has 1 aromatic rings. The molecule has 0 saturated heterocycles.